The van der Waals surface area contributed by atoms with Crippen LogP contribution in [0, 0.1) is 5.92 Å². The first-order valence-corrected chi connectivity index (χ1v) is 4.55. The number of carbonyl (C=O) groups excluding carboxylic acids is 1. The molecular formula is C10H11N3O. The number of nitrogens with zero attached hydrogens (tertiary/aromatic N) is 2. The lowest BCUT2D eigenvalue weighted by atomic mass is 10.2. The molecule has 2 rings (SSSR count). The molecule has 2 N–H and O–H groups in total. The fourth-order valence-corrected chi connectivity index (χ4v) is 1.19. The van der Waals surface area contributed by atoms with Crippen molar-refractivity contribution >= 4 is 5.78 Å². The maximum atomic E-state index is 11.5. The molecule has 4 nitrogen and oxygen atoms in total. The van der Waals surface area contributed by atoms with Gasteiger partial charge in [0.25, 0.3) is 0 Å². The third-order valence-electron chi connectivity index (χ3n) is 2.16. The van der Waals surface area contributed by atoms with Gasteiger partial charge in [0.05, 0.1) is 6.20 Å². The molecule has 1 fully saturated rings. The Morgan fingerprint density at radius 2 is 2.29 bits per heavy atom. The Kier molecular flexibility index (Phi) is 2.26. The minimum absolute atomic E-state index is 0.164. The Balaban J connectivity index is 2.12. The molecule has 1 aromatic rings. The highest BCUT2D eigenvalue weighted by Gasteiger charge is 2.24. The molecule has 1 heterocycles. The van der Waals surface area contributed by atoms with E-state index >= 15 is 0 Å². The Bertz CT molecular complexity index is 368. The van der Waals surface area contributed by atoms with E-state index in [0.717, 1.165) is 12.8 Å². The lowest BCUT2D eigenvalue weighted by Crippen LogP contribution is -2.06. The molecule has 0 spiro atoms. The van der Waals surface area contributed by atoms with Crippen LogP contribution in [0.4, 0.5) is 0 Å². The van der Waals surface area contributed by atoms with Crippen molar-refractivity contribution in [1.29, 1.82) is 0 Å². The van der Waals surface area contributed by atoms with Crippen molar-refractivity contribution in [3.05, 3.63) is 36.1 Å². The van der Waals surface area contributed by atoms with Gasteiger partial charge >= 0.3 is 0 Å². The molecular weight excluding hydrogens is 178 g/mol. The molecule has 0 aliphatic heterocycles. The van der Waals surface area contributed by atoms with Crippen LogP contribution in [0.25, 0.3) is 0 Å². The van der Waals surface area contributed by atoms with E-state index < -0.39 is 0 Å². The van der Waals surface area contributed by atoms with E-state index in [9.17, 15) is 4.79 Å². The van der Waals surface area contributed by atoms with Gasteiger partial charge in [-0.1, -0.05) is 0 Å². The van der Waals surface area contributed by atoms with Crippen LogP contribution >= 0.6 is 0 Å². The van der Waals surface area contributed by atoms with Gasteiger partial charge in [0.2, 0.25) is 5.78 Å². The second-order valence-corrected chi connectivity index (χ2v) is 3.37. The molecule has 0 radical (unpaired) electrons. The number of hydrogen-bond acceptors (Lipinski definition) is 4. The molecule has 0 aromatic carbocycles. The van der Waals surface area contributed by atoms with Gasteiger partial charge in [0, 0.05) is 24.2 Å². The summed E-state index contributed by atoms with van der Waals surface area (Å²) in [6.07, 6.45) is 8.12. The molecule has 1 aliphatic carbocycles. The molecule has 0 amide bonds. The van der Waals surface area contributed by atoms with E-state index in [2.05, 4.69) is 9.97 Å². The normalized spacial score (nSPS) is 16.7. The highest BCUT2D eigenvalue weighted by atomic mass is 16.1. The van der Waals surface area contributed by atoms with Crippen LogP contribution in [0.3, 0.4) is 0 Å². The van der Waals surface area contributed by atoms with E-state index in [1.165, 1.54) is 24.7 Å². The number of aromatic nitrogens is 2. The standard InChI is InChI=1S/C10H11N3O/c11-8(7-1-2-7)5-10(14)9-6-12-3-4-13-9/h3-7H,1-2,11H2. The van der Waals surface area contributed by atoms with Gasteiger partial charge in [0.1, 0.15) is 5.69 Å². The van der Waals surface area contributed by atoms with Crippen LogP contribution in [0.2, 0.25) is 0 Å². The third kappa shape index (κ3) is 1.96. The van der Waals surface area contributed by atoms with Gasteiger partial charge in [-0.15, -0.1) is 0 Å². The summed E-state index contributed by atoms with van der Waals surface area (Å²) in [5, 5.41) is 0. The Labute approximate surface area is 81.9 Å². The summed E-state index contributed by atoms with van der Waals surface area (Å²) in [4.78, 5) is 19.2. The topological polar surface area (TPSA) is 68.9 Å². The first kappa shape index (κ1) is 8.87. The zero-order valence-corrected chi connectivity index (χ0v) is 7.68. The SMILES string of the molecule is NC(=CC(=O)c1cnccn1)C1CC1. The van der Waals surface area contributed by atoms with Crippen molar-refractivity contribution in [2.24, 2.45) is 11.7 Å². The fourth-order valence-electron chi connectivity index (χ4n) is 1.19. The Morgan fingerprint density at radius 1 is 1.50 bits per heavy atom. The van der Waals surface area contributed by atoms with E-state index in [0.29, 0.717) is 17.3 Å². The van der Waals surface area contributed by atoms with Gasteiger partial charge in [-0.05, 0) is 18.8 Å². The molecule has 0 unspecified atom stereocenters. The number of nitrogens with two attached hydrogens (primary N) is 1. The molecule has 0 saturated heterocycles. The minimum Gasteiger partial charge on any atom is -0.402 e. The quantitative estimate of drug-likeness (QED) is 0.567. The zero-order valence-electron chi connectivity index (χ0n) is 7.68. The van der Waals surface area contributed by atoms with E-state index in [-0.39, 0.29) is 5.78 Å². The van der Waals surface area contributed by atoms with Gasteiger partial charge < -0.3 is 5.73 Å². The molecule has 72 valence electrons. The molecule has 1 aliphatic rings. The van der Waals surface area contributed by atoms with Crippen molar-refractivity contribution < 1.29 is 4.79 Å². The molecule has 14 heavy (non-hydrogen) atoms. The number of ketones is 1. The van der Waals surface area contributed by atoms with Gasteiger partial charge in [-0.3, -0.25) is 9.78 Å². The summed E-state index contributed by atoms with van der Waals surface area (Å²) in [5.74, 6) is 0.248. The lowest BCUT2D eigenvalue weighted by Gasteiger charge is -1.96. The predicted molar refractivity (Wildman–Crippen MR) is 51.4 cm³/mol. The monoisotopic (exact) mass is 189 g/mol. The highest BCUT2D eigenvalue weighted by Crippen LogP contribution is 2.33. The summed E-state index contributed by atoms with van der Waals surface area (Å²) in [7, 11) is 0. The molecule has 0 bridgehead atoms. The maximum absolute atomic E-state index is 11.5. The first-order chi connectivity index (χ1) is 6.77. The van der Waals surface area contributed by atoms with Crippen molar-refractivity contribution in [3.8, 4) is 0 Å². The summed E-state index contributed by atoms with van der Waals surface area (Å²) in [6, 6.07) is 0. The van der Waals surface area contributed by atoms with E-state index in [1.807, 2.05) is 0 Å². The second kappa shape index (κ2) is 3.57. The summed E-state index contributed by atoms with van der Waals surface area (Å²) in [5.41, 5.74) is 6.72. The average Bonchev–Trinajstić information content (AvgIpc) is 3.02. The zero-order chi connectivity index (χ0) is 9.97. The van der Waals surface area contributed by atoms with Crippen molar-refractivity contribution in [2.75, 3.05) is 0 Å². The van der Waals surface area contributed by atoms with Gasteiger partial charge in [-0.25, -0.2) is 4.98 Å². The average molecular weight is 189 g/mol. The van der Waals surface area contributed by atoms with E-state index in [1.54, 1.807) is 0 Å². The third-order valence-corrected chi connectivity index (χ3v) is 2.16. The van der Waals surface area contributed by atoms with Crippen LogP contribution in [0.15, 0.2) is 30.4 Å². The summed E-state index contributed by atoms with van der Waals surface area (Å²) >= 11 is 0. The number of allylic oxidation sites excluding steroid dienone is 2. The van der Waals surface area contributed by atoms with E-state index in [4.69, 9.17) is 5.73 Å². The lowest BCUT2D eigenvalue weighted by molar-refractivity contribution is 0.104. The molecule has 1 aromatic heterocycles. The number of carbonyl (C=O) groups is 1. The Morgan fingerprint density at radius 3 is 2.86 bits per heavy atom. The maximum Gasteiger partial charge on any atom is 0.207 e. The largest absolute Gasteiger partial charge is 0.402 e. The van der Waals surface area contributed by atoms with Crippen LogP contribution in [0.5, 0.6) is 0 Å². The molecule has 0 atom stereocenters. The van der Waals surface area contributed by atoms with Gasteiger partial charge in [-0.2, -0.15) is 0 Å². The predicted octanol–water partition coefficient (Wildman–Crippen LogP) is 0.912. The number of rotatable bonds is 3. The number of hydrogen-bond donors (Lipinski definition) is 1. The second-order valence-electron chi connectivity index (χ2n) is 3.37. The minimum atomic E-state index is -0.164. The van der Waals surface area contributed by atoms with Gasteiger partial charge in [0.15, 0.2) is 0 Å². The van der Waals surface area contributed by atoms with Crippen LogP contribution in [-0.4, -0.2) is 15.8 Å². The smallest absolute Gasteiger partial charge is 0.207 e. The van der Waals surface area contributed by atoms with Crippen LogP contribution in [0.1, 0.15) is 23.3 Å². The fraction of sp³-hybridized carbons (Fsp3) is 0.300. The first-order valence-electron chi connectivity index (χ1n) is 4.55. The van der Waals surface area contributed by atoms with Crippen molar-refractivity contribution in [1.82, 2.24) is 9.97 Å². The summed E-state index contributed by atoms with van der Waals surface area (Å²) < 4.78 is 0. The molecule has 4 heteroatoms. The van der Waals surface area contributed by atoms with Crippen LogP contribution < -0.4 is 5.73 Å². The van der Waals surface area contributed by atoms with Crippen LogP contribution in [-0.2, 0) is 0 Å². The Hall–Kier alpha value is -1.71. The van der Waals surface area contributed by atoms with Crippen molar-refractivity contribution in [2.45, 2.75) is 12.8 Å². The molecule has 1 saturated carbocycles. The summed E-state index contributed by atoms with van der Waals surface area (Å²) in [6.45, 7) is 0. The highest BCUT2D eigenvalue weighted by molar-refractivity contribution is 6.03. The van der Waals surface area contributed by atoms with Crippen molar-refractivity contribution in [3.63, 3.8) is 0 Å².